The molecule has 0 aromatic heterocycles. The second kappa shape index (κ2) is 12.5. The van der Waals surface area contributed by atoms with Crippen molar-refractivity contribution in [3.8, 4) is 0 Å². The van der Waals surface area contributed by atoms with E-state index in [4.69, 9.17) is 4.74 Å². The lowest BCUT2D eigenvalue weighted by Crippen LogP contribution is -2.49. The molecular formula is C19H31NO8S. The van der Waals surface area contributed by atoms with Crippen molar-refractivity contribution in [1.29, 1.82) is 0 Å². The summed E-state index contributed by atoms with van der Waals surface area (Å²) in [6, 6.07) is -0.959. The molecular weight excluding hydrogens is 402 g/mol. The maximum Gasteiger partial charge on any atom is 0.326 e. The molecule has 0 aliphatic heterocycles. The third-order valence-corrected chi connectivity index (χ3v) is 4.73. The van der Waals surface area contributed by atoms with E-state index >= 15 is 0 Å². The molecule has 0 saturated carbocycles. The van der Waals surface area contributed by atoms with Crippen LogP contribution in [0.1, 0.15) is 47.5 Å². The first-order valence-electron chi connectivity index (χ1n) is 9.10. The number of methoxy groups -OCH3 is 2. The molecule has 0 aliphatic carbocycles. The number of ether oxygens (including phenoxy) is 3. The molecule has 1 amide bonds. The minimum atomic E-state index is -0.959. The van der Waals surface area contributed by atoms with Gasteiger partial charge in [-0.3, -0.25) is 24.0 Å². The van der Waals surface area contributed by atoms with Crippen molar-refractivity contribution >= 4 is 40.7 Å². The van der Waals surface area contributed by atoms with E-state index < -0.39 is 47.9 Å². The topological polar surface area (TPSA) is 116 Å². The molecule has 0 spiro atoms. The van der Waals surface area contributed by atoms with Gasteiger partial charge in [0, 0.05) is 18.6 Å². The normalized spacial score (nSPS) is 12.1. The van der Waals surface area contributed by atoms with Gasteiger partial charge in [-0.15, -0.1) is 0 Å². The predicted molar refractivity (Wildman–Crippen MR) is 107 cm³/mol. The SMILES string of the molecule is COC(=O)CC(CC(=O)OC)N(CC(=O)OC(C)(C)C)C(=O)[C@H](C)CSC(C)=O. The molecule has 0 bridgehead atoms. The first-order chi connectivity index (χ1) is 13.3. The summed E-state index contributed by atoms with van der Waals surface area (Å²) in [5.74, 6) is -2.90. The first-order valence-corrected chi connectivity index (χ1v) is 10.1. The van der Waals surface area contributed by atoms with Gasteiger partial charge in [-0.1, -0.05) is 18.7 Å². The summed E-state index contributed by atoms with van der Waals surface area (Å²) < 4.78 is 14.6. The minimum Gasteiger partial charge on any atom is -0.469 e. The lowest BCUT2D eigenvalue weighted by Gasteiger charge is -2.33. The molecule has 0 fully saturated rings. The number of rotatable bonds is 10. The van der Waals surface area contributed by atoms with Crippen LogP contribution in [0.5, 0.6) is 0 Å². The molecule has 10 heteroatoms. The monoisotopic (exact) mass is 433 g/mol. The molecule has 29 heavy (non-hydrogen) atoms. The molecule has 0 heterocycles. The van der Waals surface area contributed by atoms with E-state index in [0.29, 0.717) is 0 Å². The molecule has 9 nitrogen and oxygen atoms in total. The van der Waals surface area contributed by atoms with Gasteiger partial charge in [-0.25, -0.2) is 0 Å². The smallest absolute Gasteiger partial charge is 0.326 e. The lowest BCUT2D eigenvalue weighted by atomic mass is 10.0. The molecule has 0 unspecified atom stereocenters. The summed E-state index contributed by atoms with van der Waals surface area (Å²) in [5, 5.41) is -0.149. The number of nitrogens with zero attached hydrogens (tertiary/aromatic N) is 1. The van der Waals surface area contributed by atoms with Crippen LogP contribution in [0.25, 0.3) is 0 Å². The van der Waals surface area contributed by atoms with Crippen molar-refractivity contribution in [3.63, 3.8) is 0 Å². The summed E-state index contributed by atoms with van der Waals surface area (Å²) in [7, 11) is 2.37. The highest BCUT2D eigenvalue weighted by molar-refractivity contribution is 8.13. The Morgan fingerprint density at radius 1 is 0.931 bits per heavy atom. The van der Waals surface area contributed by atoms with Crippen molar-refractivity contribution in [1.82, 2.24) is 4.90 Å². The van der Waals surface area contributed by atoms with Crippen LogP contribution < -0.4 is 0 Å². The van der Waals surface area contributed by atoms with Crippen LogP contribution in [-0.4, -0.2) is 72.0 Å². The fourth-order valence-electron chi connectivity index (χ4n) is 2.34. The minimum absolute atomic E-state index is 0.149. The van der Waals surface area contributed by atoms with Gasteiger partial charge in [0.25, 0.3) is 0 Å². The van der Waals surface area contributed by atoms with E-state index in [1.165, 1.54) is 21.1 Å². The van der Waals surface area contributed by atoms with Gasteiger partial charge in [0.2, 0.25) is 5.91 Å². The highest BCUT2D eigenvalue weighted by atomic mass is 32.2. The van der Waals surface area contributed by atoms with Gasteiger partial charge >= 0.3 is 17.9 Å². The van der Waals surface area contributed by atoms with E-state index in [-0.39, 0.29) is 23.7 Å². The van der Waals surface area contributed by atoms with Gasteiger partial charge < -0.3 is 19.1 Å². The van der Waals surface area contributed by atoms with Crippen LogP contribution in [0.3, 0.4) is 0 Å². The molecule has 0 aliphatic rings. The molecule has 166 valence electrons. The number of hydrogen-bond donors (Lipinski definition) is 0. The molecule has 0 rings (SSSR count). The van der Waals surface area contributed by atoms with Gasteiger partial charge in [-0.05, 0) is 20.8 Å². The van der Waals surface area contributed by atoms with Crippen molar-refractivity contribution < 1.29 is 38.2 Å². The fraction of sp³-hybridized carbons (Fsp3) is 0.737. The van der Waals surface area contributed by atoms with Crippen LogP contribution in [0.15, 0.2) is 0 Å². The van der Waals surface area contributed by atoms with Gasteiger partial charge in [0.15, 0.2) is 5.12 Å². The van der Waals surface area contributed by atoms with Crippen molar-refractivity contribution in [2.24, 2.45) is 5.92 Å². The maximum atomic E-state index is 13.0. The number of hydrogen-bond acceptors (Lipinski definition) is 9. The molecule has 0 radical (unpaired) electrons. The zero-order chi connectivity index (χ0) is 22.8. The molecule has 0 N–H and O–H groups in total. The second-order valence-corrected chi connectivity index (χ2v) is 8.67. The molecule has 0 saturated heterocycles. The first kappa shape index (κ1) is 26.9. The standard InChI is InChI=1S/C19H31NO8S/c1-12(11-29-13(2)21)18(25)20(10-17(24)28-19(3,4)5)14(8-15(22)26-6)9-16(23)27-7/h12,14H,8-11H2,1-7H3/t12-/m1/s1. The highest BCUT2D eigenvalue weighted by Gasteiger charge is 2.34. The van der Waals surface area contributed by atoms with Crippen LogP contribution in [0, 0.1) is 5.92 Å². The van der Waals surface area contributed by atoms with Crippen LogP contribution in [0.4, 0.5) is 0 Å². The van der Waals surface area contributed by atoms with Crippen LogP contribution in [0.2, 0.25) is 0 Å². The van der Waals surface area contributed by atoms with Crippen molar-refractivity contribution in [2.75, 3.05) is 26.5 Å². The number of carbonyl (C=O) groups is 5. The number of amides is 1. The maximum absolute atomic E-state index is 13.0. The number of esters is 3. The van der Waals surface area contributed by atoms with E-state index in [9.17, 15) is 24.0 Å². The zero-order valence-electron chi connectivity index (χ0n) is 18.1. The summed E-state index contributed by atoms with van der Waals surface area (Å²) in [4.78, 5) is 61.4. The Bertz CT molecular complexity index is 596. The van der Waals surface area contributed by atoms with Gasteiger partial charge in [0.1, 0.15) is 12.1 Å². The summed E-state index contributed by atoms with van der Waals surface area (Å²) in [5.41, 5.74) is -0.776. The number of thioether (sulfide) groups is 1. The third kappa shape index (κ3) is 11.5. The average Bonchev–Trinajstić information content (AvgIpc) is 2.61. The average molecular weight is 434 g/mol. The second-order valence-electron chi connectivity index (χ2n) is 7.47. The molecule has 0 aromatic carbocycles. The summed E-state index contributed by atoms with van der Waals surface area (Å²) in [6.07, 6.45) is -0.598. The van der Waals surface area contributed by atoms with E-state index in [0.717, 1.165) is 16.7 Å². The van der Waals surface area contributed by atoms with E-state index in [2.05, 4.69) is 9.47 Å². The van der Waals surface area contributed by atoms with Gasteiger partial charge in [-0.2, -0.15) is 0 Å². The molecule has 1 atom stereocenters. The Kier molecular flexibility index (Phi) is 11.6. The Hall–Kier alpha value is -2.10. The van der Waals surface area contributed by atoms with E-state index in [1.54, 1.807) is 27.7 Å². The summed E-state index contributed by atoms with van der Waals surface area (Å²) in [6.45, 7) is 7.59. The fourth-order valence-corrected chi connectivity index (χ4v) is 2.97. The third-order valence-electron chi connectivity index (χ3n) is 3.66. The van der Waals surface area contributed by atoms with Crippen LogP contribution >= 0.6 is 11.8 Å². The quantitative estimate of drug-likeness (QED) is 0.374. The number of carbonyl (C=O) groups excluding carboxylic acids is 5. The highest BCUT2D eigenvalue weighted by Crippen LogP contribution is 2.19. The lowest BCUT2D eigenvalue weighted by molar-refractivity contribution is -0.163. The van der Waals surface area contributed by atoms with Crippen molar-refractivity contribution in [3.05, 3.63) is 0 Å². The Labute approximate surface area is 175 Å². The van der Waals surface area contributed by atoms with Gasteiger partial charge in [0.05, 0.1) is 33.1 Å². The van der Waals surface area contributed by atoms with E-state index in [1.807, 2.05) is 0 Å². The zero-order valence-corrected chi connectivity index (χ0v) is 18.9. The summed E-state index contributed by atoms with van der Waals surface area (Å²) >= 11 is 0.977. The Balaban J connectivity index is 5.74. The Morgan fingerprint density at radius 3 is 1.79 bits per heavy atom. The Morgan fingerprint density at radius 2 is 1.41 bits per heavy atom. The molecule has 0 aromatic rings. The van der Waals surface area contributed by atoms with Crippen LogP contribution in [-0.2, 0) is 38.2 Å². The largest absolute Gasteiger partial charge is 0.469 e. The van der Waals surface area contributed by atoms with Crippen molar-refractivity contribution in [2.45, 2.75) is 59.1 Å². The predicted octanol–water partition coefficient (Wildman–Crippen LogP) is 1.57.